The molecule has 0 spiro atoms. The van der Waals surface area contributed by atoms with Crippen molar-refractivity contribution in [3.8, 4) is 5.69 Å². The zero-order valence-corrected chi connectivity index (χ0v) is 19.6. The fraction of sp³-hybridized carbons (Fsp3) is 0.308. The number of nitrogens with zero attached hydrogens (tertiary/aromatic N) is 2. The quantitative estimate of drug-likeness (QED) is 0.461. The molecular formula is C26H28ClN3O2. The predicted molar refractivity (Wildman–Crippen MR) is 128 cm³/mol. The van der Waals surface area contributed by atoms with Crippen LogP contribution < -0.4 is 5.32 Å². The van der Waals surface area contributed by atoms with Crippen LogP contribution in [0, 0.1) is 20.8 Å². The summed E-state index contributed by atoms with van der Waals surface area (Å²) in [7, 11) is 0. The third kappa shape index (κ3) is 4.58. The van der Waals surface area contributed by atoms with Crippen molar-refractivity contribution in [2.75, 3.05) is 0 Å². The highest BCUT2D eigenvalue weighted by Crippen LogP contribution is 2.35. The van der Waals surface area contributed by atoms with E-state index in [1.807, 2.05) is 80.1 Å². The van der Waals surface area contributed by atoms with E-state index < -0.39 is 6.09 Å². The Labute approximate surface area is 194 Å². The monoisotopic (exact) mass is 449 g/mol. The Bertz CT molecular complexity index is 1150. The molecule has 0 fully saturated rings. The Morgan fingerprint density at radius 3 is 2.62 bits per heavy atom. The second kappa shape index (κ2) is 9.21. The number of halogens is 1. The number of hydrogen-bond acceptors (Lipinski definition) is 3. The molecule has 0 saturated heterocycles. The number of aryl methyl sites for hydroxylation is 2. The summed E-state index contributed by atoms with van der Waals surface area (Å²) in [6.07, 6.45) is 4.11. The number of alkyl carbamates (subject to hydrolysis) is 1. The maximum absolute atomic E-state index is 12.4. The van der Waals surface area contributed by atoms with Crippen molar-refractivity contribution < 1.29 is 9.53 Å². The van der Waals surface area contributed by atoms with E-state index >= 15 is 0 Å². The third-order valence-corrected chi connectivity index (χ3v) is 6.46. The molecule has 1 heterocycles. The number of carbonyl (C=O) groups is 1. The van der Waals surface area contributed by atoms with Crippen LogP contribution in [-0.2, 0) is 4.74 Å². The van der Waals surface area contributed by atoms with Crippen LogP contribution in [0.3, 0.4) is 0 Å². The van der Waals surface area contributed by atoms with E-state index in [0.29, 0.717) is 6.42 Å². The smallest absolute Gasteiger partial charge is 0.408 e. The van der Waals surface area contributed by atoms with Crippen molar-refractivity contribution >= 4 is 17.7 Å². The number of benzene rings is 2. The number of ether oxygens (including phenoxy) is 1. The second-order valence-corrected chi connectivity index (χ2v) is 8.78. The molecule has 3 unspecified atom stereocenters. The molecule has 1 amide bonds. The molecular weight excluding hydrogens is 422 g/mol. The van der Waals surface area contributed by atoms with Gasteiger partial charge in [-0.2, -0.15) is 5.10 Å². The first-order chi connectivity index (χ1) is 15.3. The zero-order chi connectivity index (χ0) is 22.8. The SMILES string of the molecule is Cc1ccc(-n2nc(C)c(C3C=CC(OC(=O)NC(C)c4ccccc4)C3)c2C)cc1Cl. The summed E-state index contributed by atoms with van der Waals surface area (Å²) < 4.78 is 7.61. The highest BCUT2D eigenvalue weighted by molar-refractivity contribution is 6.31. The number of aromatic nitrogens is 2. The van der Waals surface area contributed by atoms with Gasteiger partial charge in [0.05, 0.1) is 17.4 Å². The van der Waals surface area contributed by atoms with Gasteiger partial charge in [0.25, 0.3) is 0 Å². The molecule has 4 rings (SSSR count). The molecule has 1 aliphatic rings. The van der Waals surface area contributed by atoms with Crippen molar-refractivity contribution in [1.29, 1.82) is 0 Å². The van der Waals surface area contributed by atoms with E-state index in [1.165, 1.54) is 5.56 Å². The number of carbonyl (C=O) groups excluding carboxylic acids is 1. The molecule has 166 valence electrons. The standard InChI is InChI=1S/C26H28ClN3O2/c1-16-10-12-22(15-24(16)27)30-19(4)25(18(3)29-30)21-11-13-23(14-21)32-26(31)28-17(2)20-8-6-5-7-9-20/h5-13,15,17,21,23H,14H2,1-4H3,(H,28,31). The van der Waals surface area contributed by atoms with E-state index in [2.05, 4.69) is 18.3 Å². The first kappa shape index (κ1) is 22.2. The average molecular weight is 450 g/mol. The number of rotatable bonds is 5. The summed E-state index contributed by atoms with van der Waals surface area (Å²) in [5.41, 5.74) is 6.23. The molecule has 3 atom stereocenters. The van der Waals surface area contributed by atoms with Gasteiger partial charge in [-0.25, -0.2) is 9.48 Å². The van der Waals surface area contributed by atoms with Crippen LogP contribution in [0.5, 0.6) is 0 Å². The van der Waals surface area contributed by atoms with Crippen LogP contribution in [0.2, 0.25) is 5.02 Å². The molecule has 0 radical (unpaired) electrons. The number of amides is 1. The Hall–Kier alpha value is -3.05. The summed E-state index contributed by atoms with van der Waals surface area (Å²) in [6.45, 7) is 8.02. The van der Waals surface area contributed by atoms with E-state index in [-0.39, 0.29) is 18.1 Å². The van der Waals surface area contributed by atoms with Gasteiger partial charge < -0.3 is 10.1 Å². The molecule has 1 aromatic heterocycles. The zero-order valence-electron chi connectivity index (χ0n) is 18.8. The van der Waals surface area contributed by atoms with Crippen molar-refractivity contribution in [2.45, 2.75) is 52.2 Å². The Kier molecular flexibility index (Phi) is 6.38. The van der Waals surface area contributed by atoms with Crippen LogP contribution in [-0.4, -0.2) is 22.0 Å². The molecule has 2 aromatic carbocycles. The van der Waals surface area contributed by atoms with Crippen LogP contribution in [0.15, 0.2) is 60.7 Å². The maximum atomic E-state index is 12.4. The minimum Gasteiger partial charge on any atom is -0.442 e. The van der Waals surface area contributed by atoms with E-state index in [4.69, 9.17) is 21.4 Å². The van der Waals surface area contributed by atoms with E-state index in [1.54, 1.807) is 0 Å². The molecule has 1 N–H and O–H groups in total. The number of hydrogen-bond donors (Lipinski definition) is 1. The largest absolute Gasteiger partial charge is 0.442 e. The summed E-state index contributed by atoms with van der Waals surface area (Å²) in [5.74, 6) is 0.147. The minimum absolute atomic E-state index is 0.117. The van der Waals surface area contributed by atoms with Gasteiger partial charge in [-0.15, -0.1) is 0 Å². The van der Waals surface area contributed by atoms with Gasteiger partial charge in [0.15, 0.2) is 0 Å². The van der Waals surface area contributed by atoms with E-state index in [0.717, 1.165) is 33.2 Å². The average Bonchev–Trinajstić information content (AvgIpc) is 3.33. The van der Waals surface area contributed by atoms with Gasteiger partial charge in [-0.3, -0.25) is 0 Å². The number of allylic oxidation sites excluding steroid dienone is 1. The lowest BCUT2D eigenvalue weighted by Crippen LogP contribution is -2.30. The summed E-state index contributed by atoms with van der Waals surface area (Å²) in [5, 5.41) is 8.39. The molecule has 5 nitrogen and oxygen atoms in total. The molecule has 1 aliphatic carbocycles. The van der Waals surface area contributed by atoms with Gasteiger partial charge in [0.1, 0.15) is 6.10 Å². The van der Waals surface area contributed by atoms with Crippen LogP contribution >= 0.6 is 11.6 Å². The molecule has 0 aliphatic heterocycles. The van der Waals surface area contributed by atoms with Gasteiger partial charge in [-0.1, -0.05) is 54.1 Å². The summed E-state index contributed by atoms with van der Waals surface area (Å²) >= 11 is 6.33. The van der Waals surface area contributed by atoms with Crippen molar-refractivity contribution in [3.63, 3.8) is 0 Å². The van der Waals surface area contributed by atoms with Gasteiger partial charge in [0, 0.05) is 22.2 Å². The van der Waals surface area contributed by atoms with Crippen molar-refractivity contribution in [1.82, 2.24) is 15.1 Å². The first-order valence-electron chi connectivity index (χ1n) is 10.9. The van der Waals surface area contributed by atoms with Crippen molar-refractivity contribution in [2.24, 2.45) is 0 Å². The van der Waals surface area contributed by atoms with Crippen LogP contribution in [0.1, 0.15) is 53.4 Å². The van der Waals surface area contributed by atoms with Gasteiger partial charge in [-0.05, 0) is 63.5 Å². The molecule has 3 aromatic rings. The lowest BCUT2D eigenvalue weighted by Gasteiger charge is -2.18. The molecule has 32 heavy (non-hydrogen) atoms. The Morgan fingerprint density at radius 2 is 1.91 bits per heavy atom. The van der Waals surface area contributed by atoms with Crippen LogP contribution in [0.4, 0.5) is 4.79 Å². The molecule has 0 bridgehead atoms. The van der Waals surface area contributed by atoms with Crippen LogP contribution in [0.25, 0.3) is 5.69 Å². The minimum atomic E-state index is -0.407. The Balaban J connectivity index is 1.42. The fourth-order valence-electron chi connectivity index (χ4n) is 4.30. The summed E-state index contributed by atoms with van der Waals surface area (Å²) in [6, 6.07) is 15.7. The Morgan fingerprint density at radius 1 is 1.16 bits per heavy atom. The highest BCUT2D eigenvalue weighted by Gasteiger charge is 2.28. The van der Waals surface area contributed by atoms with E-state index in [9.17, 15) is 4.79 Å². The highest BCUT2D eigenvalue weighted by atomic mass is 35.5. The summed E-state index contributed by atoms with van der Waals surface area (Å²) in [4.78, 5) is 12.4. The first-order valence-corrected chi connectivity index (χ1v) is 11.2. The predicted octanol–water partition coefficient (Wildman–Crippen LogP) is 6.35. The number of nitrogens with one attached hydrogen (secondary N) is 1. The lowest BCUT2D eigenvalue weighted by molar-refractivity contribution is 0.115. The van der Waals surface area contributed by atoms with Gasteiger partial charge >= 0.3 is 6.09 Å². The molecule has 0 saturated carbocycles. The lowest BCUT2D eigenvalue weighted by atomic mass is 9.96. The molecule has 6 heteroatoms. The maximum Gasteiger partial charge on any atom is 0.408 e. The van der Waals surface area contributed by atoms with Crippen molar-refractivity contribution in [3.05, 3.63) is 93.8 Å². The normalized spacial score (nSPS) is 18.5. The fourth-order valence-corrected chi connectivity index (χ4v) is 4.47. The topological polar surface area (TPSA) is 56.2 Å². The second-order valence-electron chi connectivity index (χ2n) is 8.38. The van der Waals surface area contributed by atoms with Gasteiger partial charge in [0.2, 0.25) is 0 Å². The third-order valence-electron chi connectivity index (χ3n) is 6.05.